The average molecular weight is 479 g/mol. The molecule has 0 unspecified atom stereocenters. The number of amides is 1. The van der Waals surface area contributed by atoms with Crippen LogP contribution >= 0.6 is 0 Å². The summed E-state index contributed by atoms with van der Waals surface area (Å²) in [5.41, 5.74) is 4.06. The van der Waals surface area contributed by atoms with Crippen LogP contribution in [0.25, 0.3) is 0 Å². The molecule has 0 saturated carbocycles. The lowest BCUT2D eigenvalue weighted by molar-refractivity contribution is 0.0726. The van der Waals surface area contributed by atoms with Gasteiger partial charge in [0.1, 0.15) is 0 Å². The maximum absolute atomic E-state index is 13.3. The number of carbonyl (C=O) groups excluding carboxylic acids is 1. The van der Waals surface area contributed by atoms with Gasteiger partial charge in [0.25, 0.3) is 15.9 Å². The fraction of sp³-hybridized carbons (Fsp3) is 0.308. The van der Waals surface area contributed by atoms with Gasteiger partial charge in [0.2, 0.25) is 0 Å². The predicted molar refractivity (Wildman–Crippen MR) is 135 cm³/mol. The second-order valence-corrected chi connectivity index (χ2v) is 10.8. The molecule has 0 radical (unpaired) electrons. The molecule has 0 spiro atoms. The smallest absolute Gasteiger partial charge is 0.264 e. The van der Waals surface area contributed by atoms with E-state index in [4.69, 9.17) is 0 Å². The van der Waals surface area contributed by atoms with E-state index in [1.165, 1.54) is 29.3 Å². The number of carbonyl (C=O) groups is 1. The number of aromatic nitrogens is 1. The van der Waals surface area contributed by atoms with E-state index >= 15 is 0 Å². The molecule has 1 saturated heterocycles. The lowest BCUT2D eigenvalue weighted by Gasteiger charge is -2.41. The molecule has 1 aromatic heterocycles. The van der Waals surface area contributed by atoms with Crippen LogP contribution in [-0.4, -0.2) is 56.9 Å². The number of anilines is 2. The largest absolute Gasteiger partial charge is 0.365 e. The fourth-order valence-corrected chi connectivity index (χ4v) is 5.41. The average Bonchev–Trinajstić information content (AvgIpc) is 2.83. The highest BCUT2D eigenvalue weighted by Crippen LogP contribution is 2.25. The predicted octanol–water partition coefficient (Wildman–Crippen LogP) is 3.87. The van der Waals surface area contributed by atoms with E-state index in [0.717, 1.165) is 17.8 Å². The zero-order chi connectivity index (χ0) is 24.5. The molecular weight excluding hydrogens is 448 g/mol. The van der Waals surface area contributed by atoms with E-state index in [1.807, 2.05) is 17.9 Å². The molecule has 1 fully saturated rings. The van der Waals surface area contributed by atoms with Crippen LogP contribution in [0.2, 0.25) is 0 Å². The normalized spacial score (nSPS) is 16.4. The first-order valence-electron chi connectivity index (χ1n) is 11.3. The summed E-state index contributed by atoms with van der Waals surface area (Å²) >= 11 is 0. The van der Waals surface area contributed by atoms with Gasteiger partial charge in [0, 0.05) is 44.6 Å². The molecule has 34 heavy (non-hydrogen) atoms. The van der Waals surface area contributed by atoms with Crippen molar-refractivity contribution < 1.29 is 13.2 Å². The molecule has 1 amide bonds. The zero-order valence-electron chi connectivity index (χ0n) is 20.0. The Bertz CT molecular complexity index is 1290. The van der Waals surface area contributed by atoms with Crippen LogP contribution in [0.1, 0.15) is 28.4 Å². The van der Waals surface area contributed by atoms with Gasteiger partial charge in [-0.1, -0.05) is 29.8 Å². The summed E-state index contributed by atoms with van der Waals surface area (Å²) in [6.45, 7) is 7.97. The van der Waals surface area contributed by atoms with Crippen LogP contribution < -0.4 is 9.21 Å². The van der Waals surface area contributed by atoms with Crippen LogP contribution in [0, 0.1) is 13.8 Å². The third-order valence-corrected chi connectivity index (χ3v) is 8.06. The van der Waals surface area contributed by atoms with Crippen molar-refractivity contribution in [2.75, 3.05) is 35.9 Å². The van der Waals surface area contributed by atoms with Crippen LogP contribution in [0.3, 0.4) is 0 Å². The van der Waals surface area contributed by atoms with Gasteiger partial charge >= 0.3 is 0 Å². The van der Waals surface area contributed by atoms with Crippen molar-refractivity contribution in [3.63, 3.8) is 0 Å². The van der Waals surface area contributed by atoms with Gasteiger partial charge in [0.05, 0.1) is 22.3 Å². The summed E-state index contributed by atoms with van der Waals surface area (Å²) in [4.78, 5) is 21.8. The monoisotopic (exact) mass is 478 g/mol. The van der Waals surface area contributed by atoms with Crippen molar-refractivity contribution >= 4 is 27.3 Å². The number of piperazine rings is 1. The Kier molecular flexibility index (Phi) is 6.61. The first-order chi connectivity index (χ1) is 16.2. The maximum Gasteiger partial charge on any atom is 0.264 e. The van der Waals surface area contributed by atoms with Crippen molar-refractivity contribution in [1.82, 2.24) is 9.88 Å². The summed E-state index contributed by atoms with van der Waals surface area (Å²) < 4.78 is 27.3. The molecule has 8 heteroatoms. The van der Waals surface area contributed by atoms with Gasteiger partial charge in [-0.3, -0.25) is 14.1 Å². The van der Waals surface area contributed by atoms with Crippen molar-refractivity contribution in [3.8, 4) is 0 Å². The minimum atomic E-state index is -3.76. The van der Waals surface area contributed by atoms with Crippen LogP contribution in [-0.2, 0) is 10.0 Å². The fourth-order valence-electron chi connectivity index (χ4n) is 4.24. The molecule has 0 N–H and O–H groups in total. The van der Waals surface area contributed by atoms with E-state index in [9.17, 15) is 13.2 Å². The van der Waals surface area contributed by atoms with Crippen LogP contribution in [0.4, 0.5) is 11.4 Å². The van der Waals surface area contributed by atoms with Crippen molar-refractivity contribution in [1.29, 1.82) is 0 Å². The Hall–Kier alpha value is -3.39. The highest BCUT2D eigenvalue weighted by molar-refractivity contribution is 7.92. The van der Waals surface area contributed by atoms with Crippen molar-refractivity contribution in [3.05, 3.63) is 83.7 Å². The molecule has 2 aromatic carbocycles. The number of benzene rings is 2. The minimum Gasteiger partial charge on any atom is -0.365 e. The standard InChI is InChI=1S/C26H30N4O3S/c1-19-8-10-25(11-9-19)34(32,33)28(4)24-15-22(16-27-17-24)26(31)29-12-13-30(21(3)18-29)23-7-5-6-20(2)14-23/h5-11,14-17,21H,12-13,18H2,1-4H3/t21-/m0/s1. The second-order valence-electron chi connectivity index (χ2n) is 8.85. The molecule has 178 valence electrons. The quantitative estimate of drug-likeness (QED) is 0.557. The summed E-state index contributed by atoms with van der Waals surface area (Å²) in [5, 5.41) is 0. The summed E-state index contributed by atoms with van der Waals surface area (Å²) in [6.07, 6.45) is 2.95. The number of nitrogens with zero attached hydrogens (tertiary/aromatic N) is 4. The molecule has 4 rings (SSSR count). The third-order valence-electron chi connectivity index (χ3n) is 6.26. The van der Waals surface area contributed by atoms with E-state index in [1.54, 1.807) is 30.3 Å². The third kappa shape index (κ3) is 4.77. The van der Waals surface area contributed by atoms with Crippen LogP contribution in [0.15, 0.2) is 71.9 Å². The van der Waals surface area contributed by atoms with Crippen molar-refractivity contribution in [2.24, 2.45) is 0 Å². The first-order valence-corrected chi connectivity index (χ1v) is 12.7. The molecule has 1 aliphatic heterocycles. The SMILES string of the molecule is Cc1ccc(S(=O)(=O)N(C)c2cncc(C(=O)N3CCN(c4cccc(C)c4)[C@@H](C)C3)c2)cc1. The number of rotatable bonds is 5. The Morgan fingerprint density at radius 1 is 1.00 bits per heavy atom. The Labute approximate surface area is 201 Å². The van der Waals surface area contributed by atoms with Gasteiger partial charge in [-0.05, 0) is 56.7 Å². The lowest BCUT2D eigenvalue weighted by Crippen LogP contribution is -2.53. The molecule has 1 aliphatic rings. The molecule has 0 aliphatic carbocycles. The van der Waals surface area contributed by atoms with Crippen molar-refractivity contribution in [2.45, 2.75) is 31.7 Å². The summed E-state index contributed by atoms with van der Waals surface area (Å²) in [5.74, 6) is -0.147. The molecule has 3 aromatic rings. The number of sulfonamides is 1. The zero-order valence-corrected chi connectivity index (χ0v) is 20.8. The lowest BCUT2D eigenvalue weighted by atomic mass is 10.1. The number of pyridine rings is 1. The number of hydrogen-bond donors (Lipinski definition) is 0. The van der Waals surface area contributed by atoms with Gasteiger partial charge in [-0.25, -0.2) is 8.42 Å². The van der Waals surface area contributed by atoms with Gasteiger partial charge in [-0.2, -0.15) is 0 Å². The van der Waals surface area contributed by atoms with Gasteiger partial charge in [-0.15, -0.1) is 0 Å². The summed E-state index contributed by atoms with van der Waals surface area (Å²) in [7, 11) is -2.29. The minimum absolute atomic E-state index is 0.147. The van der Waals surface area contributed by atoms with E-state index in [0.29, 0.717) is 24.3 Å². The van der Waals surface area contributed by atoms with E-state index in [2.05, 4.69) is 41.9 Å². The van der Waals surface area contributed by atoms with Gasteiger partial charge in [0.15, 0.2) is 0 Å². The Morgan fingerprint density at radius 2 is 1.74 bits per heavy atom. The maximum atomic E-state index is 13.3. The molecule has 7 nitrogen and oxygen atoms in total. The van der Waals surface area contributed by atoms with Crippen LogP contribution in [0.5, 0.6) is 0 Å². The second kappa shape index (κ2) is 9.46. The number of aryl methyl sites for hydroxylation is 2. The molecule has 1 atom stereocenters. The Balaban J connectivity index is 1.50. The van der Waals surface area contributed by atoms with E-state index in [-0.39, 0.29) is 16.8 Å². The topological polar surface area (TPSA) is 73.8 Å². The summed E-state index contributed by atoms with van der Waals surface area (Å²) in [6, 6.07) is 16.8. The molecule has 0 bridgehead atoms. The highest BCUT2D eigenvalue weighted by atomic mass is 32.2. The molecular formula is C26H30N4O3S. The van der Waals surface area contributed by atoms with E-state index < -0.39 is 10.0 Å². The molecule has 2 heterocycles. The first kappa shape index (κ1) is 23.8. The highest BCUT2D eigenvalue weighted by Gasteiger charge is 2.29. The van der Waals surface area contributed by atoms with Gasteiger partial charge < -0.3 is 9.80 Å². The Morgan fingerprint density at radius 3 is 2.41 bits per heavy atom. The number of hydrogen-bond acceptors (Lipinski definition) is 5.